The Bertz CT molecular complexity index is 1220. The van der Waals surface area contributed by atoms with E-state index in [1.54, 1.807) is 24.3 Å². The first-order valence-corrected chi connectivity index (χ1v) is 10.9. The molecule has 2 aromatic carbocycles. The Kier molecular flexibility index (Phi) is 4.82. The fourth-order valence-electron chi connectivity index (χ4n) is 3.19. The van der Waals surface area contributed by atoms with Gasteiger partial charge < -0.3 is 15.6 Å². The van der Waals surface area contributed by atoms with Crippen molar-refractivity contribution in [3.8, 4) is 22.7 Å². The number of rotatable bonds is 5. The van der Waals surface area contributed by atoms with Crippen LogP contribution in [0.15, 0.2) is 52.3 Å². The first kappa shape index (κ1) is 19.5. The summed E-state index contributed by atoms with van der Waals surface area (Å²) in [6.07, 6.45) is 0. The van der Waals surface area contributed by atoms with Gasteiger partial charge in [0.25, 0.3) is 5.91 Å². The van der Waals surface area contributed by atoms with Crippen molar-refractivity contribution < 1.29 is 23.1 Å². The number of benzene rings is 2. The van der Waals surface area contributed by atoms with E-state index >= 15 is 0 Å². The highest BCUT2D eigenvalue weighted by Gasteiger charge is 2.30. The minimum Gasteiger partial charge on any atom is -0.467 e. The van der Waals surface area contributed by atoms with Crippen LogP contribution in [0.2, 0.25) is 0 Å². The van der Waals surface area contributed by atoms with E-state index in [9.17, 15) is 13.2 Å². The summed E-state index contributed by atoms with van der Waals surface area (Å²) in [6, 6.07) is 11.2. The second kappa shape index (κ2) is 7.19. The van der Waals surface area contributed by atoms with Crippen molar-refractivity contribution in [1.29, 1.82) is 0 Å². The summed E-state index contributed by atoms with van der Waals surface area (Å²) < 4.78 is 29.9. The van der Waals surface area contributed by atoms with Crippen LogP contribution >= 0.6 is 11.8 Å². The summed E-state index contributed by atoms with van der Waals surface area (Å²) in [7, 11) is -3.84. The molecule has 11 heteroatoms. The van der Waals surface area contributed by atoms with E-state index in [4.69, 9.17) is 20.7 Å². The van der Waals surface area contributed by atoms with E-state index in [0.29, 0.717) is 27.8 Å². The number of hydrogen-bond acceptors (Lipinski definition) is 7. The average molecular weight is 432 g/mol. The van der Waals surface area contributed by atoms with Crippen LogP contribution in [0.3, 0.4) is 0 Å². The lowest BCUT2D eigenvalue weighted by molar-refractivity contribution is 0.0977. The van der Waals surface area contributed by atoms with Crippen molar-refractivity contribution in [3.05, 3.63) is 53.7 Å². The van der Waals surface area contributed by atoms with Crippen LogP contribution in [0, 0.1) is 0 Å². The molecule has 0 atom stereocenters. The van der Waals surface area contributed by atoms with Crippen molar-refractivity contribution >= 4 is 27.7 Å². The number of primary amides is 1. The minimum absolute atomic E-state index is 0.0363. The molecule has 1 aliphatic rings. The first-order valence-electron chi connectivity index (χ1n) is 8.36. The largest absolute Gasteiger partial charge is 0.467 e. The number of carbonyl (C=O) groups is 1. The highest BCUT2D eigenvalue weighted by molar-refractivity contribution is 7.98. The molecule has 0 radical (unpaired) electrons. The van der Waals surface area contributed by atoms with Gasteiger partial charge in [-0.3, -0.25) is 4.79 Å². The zero-order chi connectivity index (χ0) is 20.8. The standard InChI is InChI=1S/C18H16N4O5S2/c19-18(24)15-17-16(12-2-1-3-14(27-9-23)13(12)8-28-17)22(21-15)10-4-6-11(7-5-10)29(20,25)26/h1-7,23H,8-9H2,(H2,19,24)(H2,20,25,26). The molecular formula is C18H16N4O5S2. The van der Waals surface area contributed by atoms with E-state index in [0.717, 1.165) is 11.1 Å². The van der Waals surface area contributed by atoms with Gasteiger partial charge in [0.15, 0.2) is 12.5 Å². The average Bonchev–Trinajstić information content (AvgIpc) is 3.08. The van der Waals surface area contributed by atoms with Crippen LogP contribution < -0.4 is 15.6 Å². The first-order chi connectivity index (χ1) is 13.8. The van der Waals surface area contributed by atoms with Crippen LogP contribution in [0.5, 0.6) is 5.75 Å². The number of sulfonamides is 1. The molecule has 0 bridgehead atoms. The summed E-state index contributed by atoms with van der Waals surface area (Å²) in [5.41, 5.74) is 8.44. The number of amides is 1. The normalized spacial score (nSPS) is 12.9. The summed E-state index contributed by atoms with van der Waals surface area (Å²) in [4.78, 5) is 12.6. The van der Waals surface area contributed by atoms with Crippen LogP contribution in [0.4, 0.5) is 0 Å². The highest BCUT2D eigenvalue weighted by atomic mass is 32.2. The predicted octanol–water partition coefficient (Wildman–Crippen LogP) is 1.22. The quantitative estimate of drug-likeness (QED) is 0.513. The van der Waals surface area contributed by atoms with Gasteiger partial charge in [0, 0.05) is 16.9 Å². The van der Waals surface area contributed by atoms with Crippen molar-refractivity contribution in [1.82, 2.24) is 9.78 Å². The van der Waals surface area contributed by atoms with Crippen LogP contribution in [-0.2, 0) is 15.8 Å². The van der Waals surface area contributed by atoms with Gasteiger partial charge in [-0.05, 0) is 30.3 Å². The molecule has 0 fully saturated rings. The Morgan fingerprint density at radius 1 is 1.24 bits per heavy atom. The molecule has 150 valence electrons. The zero-order valence-electron chi connectivity index (χ0n) is 14.9. The summed E-state index contributed by atoms with van der Waals surface area (Å²) >= 11 is 1.39. The van der Waals surface area contributed by atoms with Crippen LogP contribution in [0.1, 0.15) is 16.1 Å². The van der Waals surface area contributed by atoms with Gasteiger partial charge in [-0.25, -0.2) is 18.2 Å². The fourth-order valence-corrected chi connectivity index (χ4v) is 4.90. The second-order valence-electron chi connectivity index (χ2n) is 6.19. The fraction of sp³-hybridized carbons (Fsp3) is 0.111. The Morgan fingerprint density at radius 2 is 1.97 bits per heavy atom. The smallest absolute Gasteiger partial charge is 0.270 e. The number of aliphatic hydroxyl groups is 1. The number of fused-ring (bicyclic) bond motifs is 3. The molecule has 1 aromatic heterocycles. The molecule has 0 spiro atoms. The van der Waals surface area contributed by atoms with Crippen molar-refractivity contribution in [2.75, 3.05) is 6.79 Å². The predicted molar refractivity (Wildman–Crippen MR) is 106 cm³/mol. The SMILES string of the molecule is NC(=O)c1nn(-c2ccc(S(N)(=O)=O)cc2)c2c1SCc1c(OCO)cccc1-2. The van der Waals surface area contributed by atoms with Gasteiger partial charge in [-0.15, -0.1) is 11.8 Å². The van der Waals surface area contributed by atoms with Crippen LogP contribution in [-0.4, -0.2) is 36.0 Å². The summed E-state index contributed by atoms with van der Waals surface area (Å²) in [5.74, 6) is 0.371. The molecule has 29 heavy (non-hydrogen) atoms. The van der Waals surface area contributed by atoms with Gasteiger partial charge in [-0.1, -0.05) is 12.1 Å². The Morgan fingerprint density at radius 3 is 2.59 bits per heavy atom. The third kappa shape index (κ3) is 3.38. The number of primary sulfonamides is 1. The molecule has 0 aliphatic carbocycles. The Hall–Kier alpha value is -2.86. The molecule has 9 nitrogen and oxygen atoms in total. The van der Waals surface area contributed by atoms with Gasteiger partial charge in [0.05, 0.1) is 21.2 Å². The van der Waals surface area contributed by atoms with Crippen LogP contribution in [0.25, 0.3) is 16.9 Å². The van der Waals surface area contributed by atoms with E-state index in [1.165, 1.54) is 28.6 Å². The number of carbonyl (C=O) groups excluding carboxylic acids is 1. The van der Waals surface area contributed by atoms with Crippen molar-refractivity contribution in [2.24, 2.45) is 10.9 Å². The lowest BCUT2D eigenvalue weighted by atomic mass is 10.0. The number of aromatic nitrogens is 2. The molecule has 0 saturated heterocycles. The molecule has 2 heterocycles. The third-order valence-corrected chi connectivity index (χ3v) is 6.49. The topological polar surface area (TPSA) is 151 Å². The lowest BCUT2D eigenvalue weighted by Gasteiger charge is -2.20. The van der Waals surface area contributed by atoms with E-state index in [1.807, 2.05) is 6.07 Å². The monoisotopic (exact) mass is 432 g/mol. The molecule has 0 unspecified atom stereocenters. The van der Waals surface area contributed by atoms with Crippen molar-refractivity contribution in [2.45, 2.75) is 15.5 Å². The summed E-state index contributed by atoms with van der Waals surface area (Å²) in [5, 5.41) is 18.7. The molecule has 4 rings (SSSR count). The Balaban J connectivity index is 1.94. The second-order valence-corrected chi connectivity index (χ2v) is 8.73. The maximum atomic E-state index is 12.0. The number of nitrogens with zero attached hydrogens (tertiary/aromatic N) is 2. The Labute approximate surface area is 170 Å². The lowest BCUT2D eigenvalue weighted by Crippen LogP contribution is -2.13. The van der Waals surface area contributed by atoms with Gasteiger partial charge >= 0.3 is 0 Å². The summed E-state index contributed by atoms with van der Waals surface area (Å²) in [6.45, 7) is -0.463. The highest BCUT2D eigenvalue weighted by Crippen LogP contribution is 2.47. The molecule has 1 aliphatic heterocycles. The zero-order valence-corrected chi connectivity index (χ0v) is 16.5. The molecule has 3 aromatic rings. The number of nitrogens with two attached hydrogens (primary N) is 2. The maximum absolute atomic E-state index is 12.0. The minimum atomic E-state index is -3.84. The maximum Gasteiger partial charge on any atom is 0.270 e. The molecule has 0 saturated carbocycles. The van der Waals surface area contributed by atoms with E-state index < -0.39 is 22.7 Å². The van der Waals surface area contributed by atoms with E-state index in [2.05, 4.69) is 5.10 Å². The number of ether oxygens (including phenoxy) is 1. The number of aliphatic hydroxyl groups excluding tert-OH is 1. The number of hydrogen-bond donors (Lipinski definition) is 3. The molecule has 5 N–H and O–H groups in total. The van der Waals surface area contributed by atoms with Gasteiger partial charge in [0.2, 0.25) is 10.0 Å². The van der Waals surface area contributed by atoms with E-state index in [-0.39, 0.29) is 10.6 Å². The van der Waals surface area contributed by atoms with Gasteiger partial charge in [0.1, 0.15) is 5.75 Å². The van der Waals surface area contributed by atoms with Crippen molar-refractivity contribution in [3.63, 3.8) is 0 Å². The third-order valence-electron chi connectivity index (χ3n) is 4.45. The number of thioether (sulfide) groups is 1. The molecular weight excluding hydrogens is 416 g/mol. The van der Waals surface area contributed by atoms with Gasteiger partial charge in [-0.2, -0.15) is 5.10 Å². The molecule has 1 amide bonds.